The van der Waals surface area contributed by atoms with Gasteiger partial charge < -0.3 is 10.4 Å². The Balaban J connectivity index is 1.82. The minimum absolute atomic E-state index is 0.115. The molecule has 1 amide bonds. The molecule has 4 heteroatoms. The van der Waals surface area contributed by atoms with Gasteiger partial charge in [-0.2, -0.15) is 0 Å². The molecule has 1 aliphatic carbocycles. The molecule has 0 fully saturated rings. The van der Waals surface area contributed by atoms with Crippen LogP contribution >= 0.6 is 11.6 Å². The normalized spacial score (nSPS) is 13.1. The first-order valence-corrected chi connectivity index (χ1v) is 6.93. The summed E-state index contributed by atoms with van der Waals surface area (Å²) < 4.78 is 0. The Hall–Kier alpha value is -2.00. The molecule has 0 bridgehead atoms. The van der Waals surface area contributed by atoms with Crippen LogP contribution in [-0.2, 0) is 12.8 Å². The molecule has 0 unspecified atom stereocenters. The Bertz CT molecular complexity index is 682. The van der Waals surface area contributed by atoms with E-state index in [1.807, 2.05) is 12.1 Å². The van der Waals surface area contributed by atoms with Crippen molar-refractivity contribution in [3.05, 3.63) is 58.1 Å². The molecule has 1 aliphatic rings. The lowest BCUT2D eigenvalue weighted by atomic mass is 10.1. The van der Waals surface area contributed by atoms with E-state index in [9.17, 15) is 9.90 Å². The molecule has 0 heterocycles. The number of rotatable bonds is 2. The molecule has 0 radical (unpaired) electrons. The zero-order chi connectivity index (χ0) is 14.1. The Morgan fingerprint density at radius 1 is 1.10 bits per heavy atom. The van der Waals surface area contributed by atoms with Crippen molar-refractivity contribution in [1.82, 2.24) is 0 Å². The van der Waals surface area contributed by atoms with Gasteiger partial charge in [-0.3, -0.25) is 4.79 Å². The summed E-state index contributed by atoms with van der Waals surface area (Å²) in [5.74, 6) is -0.451. The zero-order valence-corrected chi connectivity index (χ0v) is 11.6. The summed E-state index contributed by atoms with van der Waals surface area (Å²) in [6.45, 7) is 0. The molecule has 20 heavy (non-hydrogen) atoms. The first kappa shape index (κ1) is 13.0. The molecule has 102 valence electrons. The van der Waals surface area contributed by atoms with Gasteiger partial charge in [-0.1, -0.05) is 17.7 Å². The van der Waals surface area contributed by atoms with Gasteiger partial charge in [0.05, 0.1) is 5.56 Å². The summed E-state index contributed by atoms with van der Waals surface area (Å²) in [6.07, 6.45) is 3.34. The van der Waals surface area contributed by atoms with Crippen LogP contribution in [0.15, 0.2) is 36.4 Å². The summed E-state index contributed by atoms with van der Waals surface area (Å²) in [5.41, 5.74) is 3.63. The Morgan fingerprint density at radius 2 is 1.90 bits per heavy atom. The number of fused-ring (bicyclic) bond motifs is 1. The van der Waals surface area contributed by atoms with Crippen molar-refractivity contribution in [3.8, 4) is 5.75 Å². The fourth-order valence-corrected chi connectivity index (χ4v) is 2.71. The van der Waals surface area contributed by atoms with Crippen LogP contribution in [0.5, 0.6) is 5.75 Å². The molecule has 2 aromatic rings. The number of nitrogens with one attached hydrogen (secondary N) is 1. The highest BCUT2D eigenvalue weighted by Crippen LogP contribution is 2.26. The summed E-state index contributed by atoms with van der Waals surface area (Å²) in [4.78, 5) is 12.1. The average Bonchev–Trinajstić information content (AvgIpc) is 2.85. The average molecular weight is 288 g/mol. The predicted octanol–water partition coefficient (Wildman–Crippen LogP) is 3.79. The summed E-state index contributed by atoms with van der Waals surface area (Å²) in [6, 6.07) is 10.4. The van der Waals surface area contributed by atoms with Crippen LogP contribution in [0.25, 0.3) is 0 Å². The molecule has 2 N–H and O–H groups in total. The first-order valence-electron chi connectivity index (χ1n) is 6.55. The largest absolute Gasteiger partial charge is 0.507 e. The van der Waals surface area contributed by atoms with E-state index in [4.69, 9.17) is 11.6 Å². The van der Waals surface area contributed by atoms with Crippen LogP contribution in [0.1, 0.15) is 27.9 Å². The van der Waals surface area contributed by atoms with Crippen LogP contribution in [0, 0.1) is 0 Å². The van der Waals surface area contributed by atoms with E-state index in [0.717, 1.165) is 18.5 Å². The van der Waals surface area contributed by atoms with Gasteiger partial charge in [0.2, 0.25) is 0 Å². The van der Waals surface area contributed by atoms with Gasteiger partial charge >= 0.3 is 0 Å². The van der Waals surface area contributed by atoms with Gasteiger partial charge in [-0.25, -0.2) is 0 Å². The van der Waals surface area contributed by atoms with Gasteiger partial charge in [0.25, 0.3) is 5.91 Å². The molecule has 3 rings (SSSR count). The third kappa shape index (κ3) is 2.49. The third-order valence-electron chi connectivity index (χ3n) is 3.56. The number of aromatic hydroxyl groups is 1. The van der Waals surface area contributed by atoms with Crippen molar-refractivity contribution in [2.24, 2.45) is 0 Å². The van der Waals surface area contributed by atoms with E-state index in [0.29, 0.717) is 5.02 Å². The second kappa shape index (κ2) is 5.17. The summed E-state index contributed by atoms with van der Waals surface area (Å²) >= 11 is 5.75. The van der Waals surface area contributed by atoms with E-state index in [2.05, 4.69) is 11.4 Å². The monoisotopic (exact) mass is 287 g/mol. The number of amides is 1. The fourth-order valence-electron chi connectivity index (χ4n) is 2.54. The van der Waals surface area contributed by atoms with Crippen molar-refractivity contribution in [3.63, 3.8) is 0 Å². The van der Waals surface area contributed by atoms with E-state index in [-0.39, 0.29) is 17.2 Å². The lowest BCUT2D eigenvalue weighted by molar-refractivity contribution is 0.102. The number of carbonyl (C=O) groups is 1. The molecule has 0 atom stereocenters. The number of hydrogen-bond acceptors (Lipinski definition) is 2. The van der Waals surface area contributed by atoms with Gasteiger partial charge in [0.1, 0.15) is 5.75 Å². The molecule has 3 nitrogen and oxygen atoms in total. The molecular formula is C16H14ClNO2. The standard InChI is InChI=1S/C16H14ClNO2/c17-12-5-7-14(15(19)9-12)16(20)18-13-6-4-10-2-1-3-11(10)8-13/h4-9,19H,1-3H2,(H,18,20). The van der Waals surface area contributed by atoms with Crippen molar-refractivity contribution in [2.75, 3.05) is 5.32 Å². The van der Waals surface area contributed by atoms with Gasteiger partial charge in [0, 0.05) is 10.7 Å². The zero-order valence-electron chi connectivity index (χ0n) is 10.8. The number of phenolic OH excluding ortho intramolecular Hbond substituents is 1. The van der Waals surface area contributed by atoms with Gasteiger partial charge in [-0.15, -0.1) is 0 Å². The molecule has 0 saturated carbocycles. The third-order valence-corrected chi connectivity index (χ3v) is 3.80. The number of aryl methyl sites for hydroxylation is 2. The molecular weight excluding hydrogens is 274 g/mol. The van der Waals surface area contributed by atoms with Crippen LogP contribution in [0.2, 0.25) is 5.02 Å². The maximum atomic E-state index is 12.1. The van der Waals surface area contributed by atoms with Crippen LogP contribution in [0.4, 0.5) is 5.69 Å². The maximum absolute atomic E-state index is 12.1. The molecule has 0 spiro atoms. The highest BCUT2D eigenvalue weighted by atomic mass is 35.5. The van der Waals surface area contributed by atoms with Crippen LogP contribution < -0.4 is 5.32 Å². The second-order valence-electron chi connectivity index (χ2n) is 4.95. The Labute approximate surface area is 122 Å². The highest BCUT2D eigenvalue weighted by molar-refractivity contribution is 6.30. The van der Waals surface area contributed by atoms with Gasteiger partial charge in [0.15, 0.2) is 0 Å². The number of carbonyl (C=O) groups excluding carboxylic acids is 1. The minimum atomic E-state index is -0.336. The Morgan fingerprint density at radius 3 is 2.70 bits per heavy atom. The van der Waals surface area contributed by atoms with Crippen LogP contribution in [-0.4, -0.2) is 11.0 Å². The van der Waals surface area contributed by atoms with E-state index < -0.39 is 0 Å². The van der Waals surface area contributed by atoms with E-state index >= 15 is 0 Å². The van der Waals surface area contributed by atoms with E-state index in [1.54, 1.807) is 6.07 Å². The molecule has 0 aliphatic heterocycles. The number of phenols is 1. The highest BCUT2D eigenvalue weighted by Gasteiger charge is 2.14. The summed E-state index contributed by atoms with van der Waals surface area (Å²) in [7, 11) is 0. The topological polar surface area (TPSA) is 49.3 Å². The van der Waals surface area contributed by atoms with E-state index in [1.165, 1.54) is 29.7 Å². The fraction of sp³-hybridized carbons (Fsp3) is 0.188. The Kier molecular flexibility index (Phi) is 3.36. The second-order valence-corrected chi connectivity index (χ2v) is 5.39. The summed E-state index contributed by atoms with van der Waals surface area (Å²) in [5, 5.41) is 13.0. The first-order chi connectivity index (χ1) is 9.63. The number of benzene rings is 2. The van der Waals surface area contributed by atoms with Gasteiger partial charge in [-0.05, 0) is 60.7 Å². The predicted molar refractivity (Wildman–Crippen MR) is 79.5 cm³/mol. The molecule has 0 aromatic heterocycles. The number of halogens is 1. The van der Waals surface area contributed by atoms with Crippen molar-refractivity contribution < 1.29 is 9.90 Å². The molecule has 2 aromatic carbocycles. The molecule has 0 saturated heterocycles. The SMILES string of the molecule is O=C(Nc1ccc2c(c1)CCC2)c1ccc(Cl)cc1O. The number of hydrogen-bond donors (Lipinski definition) is 2. The quantitative estimate of drug-likeness (QED) is 0.883. The number of anilines is 1. The van der Waals surface area contributed by atoms with Crippen molar-refractivity contribution >= 4 is 23.2 Å². The minimum Gasteiger partial charge on any atom is -0.507 e. The van der Waals surface area contributed by atoms with Crippen molar-refractivity contribution in [1.29, 1.82) is 0 Å². The lowest BCUT2D eigenvalue weighted by Gasteiger charge is -2.09. The lowest BCUT2D eigenvalue weighted by Crippen LogP contribution is -2.12. The smallest absolute Gasteiger partial charge is 0.259 e. The van der Waals surface area contributed by atoms with Crippen LogP contribution in [0.3, 0.4) is 0 Å². The van der Waals surface area contributed by atoms with Crippen molar-refractivity contribution in [2.45, 2.75) is 19.3 Å². The maximum Gasteiger partial charge on any atom is 0.259 e.